The van der Waals surface area contributed by atoms with Crippen LogP contribution in [-0.2, 0) is 20.9 Å². The lowest BCUT2D eigenvalue weighted by atomic mass is 10.0. The Morgan fingerprint density at radius 1 is 0.846 bits per heavy atom. The third kappa shape index (κ3) is 7.88. The first-order valence-electron chi connectivity index (χ1n) is 12.8. The molecule has 8 heteroatoms. The number of rotatable bonds is 13. The minimum atomic E-state index is -1.19. The Bertz CT molecular complexity index is 1360. The van der Waals surface area contributed by atoms with Crippen molar-refractivity contribution in [1.82, 2.24) is 9.97 Å². The molecule has 1 N–H and O–H groups in total. The Morgan fingerprint density at radius 2 is 1.54 bits per heavy atom. The van der Waals surface area contributed by atoms with E-state index in [1.807, 2.05) is 78.9 Å². The molecule has 1 heterocycles. The molecule has 4 aromatic rings. The Balaban J connectivity index is 1.44. The highest BCUT2D eigenvalue weighted by Gasteiger charge is 2.27. The van der Waals surface area contributed by atoms with Crippen molar-refractivity contribution >= 4 is 11.9 Å². The van der Waals surface area contributed by atoms with Gasteiger partial charge in [-0.3, -0.25) is 9.59 Å². The number of carboxylic acids is 1. The van der Waals surface area contributed by atoms with E-state index in [1.165, 1.54) is 0 Å². The van der Waals surface area contributed by atoms with Gasteiger partial charge in [0.05, 0.1) is 18.9 Å². The van der Waals surface area contributed by atoms with Gasteiger partial charge in [-0.25, -0.2) is 4.98 Å². The monoisotopic (exact) mass is 526 g/mol. The Labute approximate surface area is 227 Å². The molecular formula is C31H30N2O6. The highest BCUT2D eigenvalue weighted by Crippen LogP contribution is 2.27. The summed E-state index contributed by atoms with van der Waals surface area (Å²) in [6.45, 7) is 2.44. The van der Waals surface area contributed by atoms with E-state index in [9.17, 15) is 14.7 Å². The van der Waals surface area contributed by atoms with Crippen LogP contribution in [0.3, 0.4) is 0 Å². The van der Waals surface area contributed by atoms with Crippen molar-refractivity contribution in [1.29, 1.82) is 0 Å². The number of nitrogens with zero attached hydrogens (tertiary/aromatic N) is 2. The summed E-state index contributed by atoms with van der Waals surface area (Å²) in [6.07, 6.45) is 0.528. The molecule has 1 unspecified atom stereocenters. The summed E-state index contributed by atoms with van der Waals surface area (Å²) in [5.74, 6) is -1.51. The van der Waals surface area contributed by atoms with Gasteiger partial charge in [-0.05, 0) is 49.6 Å². The fourth-order valence-electron chi connectivity index (χ4n) is 3.88. The lowest BCUT2D eigenvalue weighted by molar-refractivity contribution is -0.158. The minimum Gasteiger partial charge on any atom is -0.494 e. The second-order valence-electron chi connectivity index (χ2n) is 8.71. The minimum absolute atomic E-state index is 0.137. The predicted octanol–water partition coefficient (Wildman–Crippen LogP) is 5.81. The van der Waals surface area contributed by atoms with Crippen LogP contribution in [0.1, 0.15) is 25.3 Å². The molecule has 39 heavy (non-hydrogen) atoms. The molecule has 0 fully saturated rings. The predicted molar refractivity (Wildman–Crippen MR) is 146 cm³/mol. The summed E-state index contributed by atoms with van der Waals surface area (Å²) >= 11 is 0. The molecule has 1 atom stereocenters. The average Bonchev–Trinajstić information content (AvgIpc) is 2.97. The van der Waals surface area contributed by atoms with Crippen LogP contribution in [0.2, 0.25) is 0 Å². The van der Waals surface area contributed by atoms with E-state index in [-0.39, 0.29) is 19.6 Å². The lowest BCUT2D eigenvalue weighted by Crippen LogP contribution is -2.26. The van der Waals surface area contributed by atoms with Gasteiger partial charge in [0.15, 0.2) is 11.7 Å². The quantitative estimate of drug-likeness (QED) is 0.132. The summed E-state index contributed by atoms with van der Waals surface area (Å²) in [5.41, 5.74) is 3.53. The number of ether oxygens (including phenoxy) is 3. The molecule has 8 nitrogen and oxygen atoms in total. The molecule has 0 aliphatic rings. The van der Waals surface area contributed by atoms with Crippen molar-refractivity contribution in [2.75, 3.05) is 13.2 Å². The molecule has 0 aliphatic carbocycles. The lowest BCUT2D eigenvalue weighted by Gasteiger charge is -2.12. The first kappa shape index (κ1) is 27.3. The van der Waals surface area contributed by atoms with Crippen molar-refractivity contribution in [3.05, 3.63) is 96.6 Å². The second kappa shape index (κ2) is 13.7. The molecule has 0 bridgehead atoms. The van der Waals surface area contributed by atoms with Gasteiger partial charge in [-0.1, -0.05) is 60.7 Å². The number of hydrogen-bond donors (Lipinski definition) is 1. The van der Waals surface area contributed by atoms with Crippen molar-refractivity contribution in [2.45, 2.75) is 26.4 Å². The molecule has 1 aromatic heterocycles. The largest absolute Gasteiger partial charge is 0.494 e. The van der Waals surface area contributed by atoms with Gasteiger partial charge >= 0.3 is 11.9 Å². The van der Waals surface area contributed by atoms with Gasteiger partial charge in [0, 0.05) is 17.2 Å². The third-order valence-corrected chi connectivity index (χ3v) is 5.89. The average molecular weight is 527 g/mol. The van der Waals surface area contributed by atoms with Gasteiger partial charge < -0.3 is 19.3 Å². The molecular weight excluding hydrogens is 496 g/mol. The molecule has 0 amide bonds. The van der Waals surface area contributed by atoms with Gasteiger partial charge in [0.25, 0.3) is 0 Å². The number of aromatic nitrogens is 2. The highest BCUT2D eigenvalue weighted by molar-refractivity contribution is 5.93. The maximum absolute atomic E-state index is 11.8. The van der Waals surface area contributed by atoms with Crippen molar-refractivity contribution < 1.29 is 28.9 Å². The van der Waals surface area contributed by atoms with Crippen LogP contribution in [0.25, 0.3) is 22.6 Å². The van der Waals surface area contributed by atoms with E-state index in [4.69, 9.17) is 19.2 Å². The van der Waals surface area contributed by atoms with Crippen LogP contribution in [0.5, 0.6) is 11.6 Å². The number of esters is 1. The van der Waals surface area contributed by atoms with Crippen LogP contribution in [0, 0.1) is 5.92 Å². The Hall–Kier alpha value is -4.72. The Morgan fingerprint density at radius 3 is 2.21 bits per heavy atom. The summed E-state index contributed by atoms with van der Waals surface area (Å²) in [5, 5.41) is 9.27. The van der Waals surface area contributed by atoms with Crippen molar-refractivity contribution in [3.63, 3.8) is 0 Å². The van der Waals surface area contributed by atoms with Crippen molar-refractivity contribution in [3.8, 4) is 34.3 Å². The number of aliphatic carboxylic acids is 1. The number of benzene rings is 3. The first-order valence-corrected chi connectivity index (χ1v) is 12.8. The van der Waals surface area contributed by atoms with Crippen molar-refractivity contribution in [2.24, 2.45) is 5.92 Å². The molecule has 0 saturated heterocycles. The Kier molecular flexibility index (Phi) is 9.61. The molecule has 0 radical (unpaired) electrons. The van der Waals surface area contributed by atoms with Crippen LogP contribution in [0.4, 0.5) is 0 Å². The fraction of sp³-hybridized carbons (Fsp3) is 0.226. The van der Waals surface area contributed by atoms with Crippen LogP contribution in [0.15, 0.2) is 91.0 Å². The number of carbonyl (C=O) groups excluding carboxylic acids is 1. The zero-order valence-electron chi connectivity index (χ0n) is 21.7. The SMILES string of the molecule is CCOC(=O)C(CCCOc1ccc(-c2nc(OCc3ccccc3)cc(-c3ccccc3)n2)cc1)C(=O)O. The normalized spacial score (nSPS) is 11.4. The number of hydrogen-bond acceptors (Lipinski definition) is 7. The topological polar surface area (TPSA) is 108 Å². The van der Waals surface area contributed by atoms with Gasteiger partial charge in [0.1, 0.15) is 12.4 Å². The van der Waals surface area contributed by atoms with E-state index in [0.29, 0.717) is 30.5 Å². The smallest absolute Gasteiger partial charge is 0.320 e. The molecule has 0 spiro atoms. The maximum atomic E-state index is 11.8. The van der Waals surface area contributed by atoms with E-state index in [2.05, 4.69) is 4.98 Å². The van der Waals surface area contributed by atoms with Crippen LogP contribution >= 0.6 is 0 Å². The number of carboxylic acid groups (broad SMARTS) is 1. The zero-order chi connectivity index (χ0) is 27.5. The second-order valence-corrected chi connectivity index (χ2v) is 8.71. The molecule has 4 rings (SSSR count). The van der Waals surface area contributed by atoms with Gasteiger partial charge in [-0.15, -0.1) is 0 Å². The van der Waals surface area contributed by atoms with E-state index in [0.717, 1.165) is 22.4 Å². The van der Waals surface area contributed by atoms with E-state index in [1.54, 1.807) is 19.1 Å². The van der Waals surface area contributed by atoms with Crippen LogP contribution < -0.4 is 9.47 Å². The van der Waals surface area contributed by atoms with Gasteiger partial charge in [-0.2, -0.15) is 4.98 Å². The highest BCUT2D eigenvalue weighted by atomic mass is 16.5. The first-order chi connectivity index (χ1) is 19.0. The summed E-state index contributed by atoms with van der Waals surface area (Å²) in [6, 6.07) is 28.9. The summed E-state index contributed by atoms with van der Waals surface area (Å²) in [4.78, 5) is 32.6. The molecule has 0 saturated carbocycles. The zero-order valence-corrected chi connectivity index (χ0v) is 21.7. The maximum Gasteiger partial charge on any atom is 0.320 e. The molecule has 200 valence electrons. The van der Waals surface area contributed by atoms with Crippen LogP contribution in [-0.4, -0.2) is 40.2 Å². The third-order valence-electron chi connectivity index (χ3n) is 5.89. The molecule has 3 aromatic carbocycles. The van der Waals surface area contributed by atoms with Gasteiger partial charge in [0.2, 0.25) is 5.88 Å². The molecule has 0 aliphatic heterocycles. The summed E-state index contributed by atoms with van der Waals surface area (Å²) in [7, 11) is 0. The van der Waals surface area contributed by atoms with E-state index < -0.39 is 17.9 Å². The summed E-state index contributed by atoms with van der Waals surface area (Å²) < 4.78 is 16.6. The standard InChI is InChI=1S/C31H30N2O6/c1-2-37-31(36)26(30(34)35)14-9-19-38-25-17-15-24(16-18-25)29-32-27(23-12-7-4-8-13-23)20-28(33-29)39-21-22-10-5-3-6-11-22/h3-8,10-13,15-18,20,26H,2,9,14,19,21H2,1H3,(H,34,35). The van der Waals surface area contributed by atoms with E-state index >= 15 is 0 Å². The fourth-order valence-corrected chi connectivity index (χ4v) is 3.88. The number of carbonyl (C=O) groups is 2.